The highest BCUT2D eigenvalue weighted by atomic mass is 16.5. The van der Waals surface area contributed by atoms with Crippen molar-refractivity contribution in [3.05, 3.63) is 24.2 Å². The number of rotatable bonds is 8. The molecule has 0 spiro atoms. The van der Waals surface area contributed by atoms with Crippen molar-refractivity contribution >= 4 is 11.9 Å². The van der Waals surface area contributed by atoms with Gasteiger partial charge in [0.25, 0.3) is 5.91 Å². The molecule has 1 N–H and O–H groups in total. The van der Waals surface area contributed by atoms with E-state index in [0.29, 0.717) is 24.8 Å². The lowest BCUT2D eigenvalue weighted by Crippen LogP contribution is -2.53. The lowest BCUT2D eigenvalue weighted by Gasteiger charge is -2.36. The Kier molecular flexibility index (Phi) is 8.82. The monoisotopic (exact) mass is 406 g/mol. The maximum absolute atomic E-state index is 12.4. The fourth-order valence-corrected chi connectivity index (χ4v) is 3.62. The second-order valence-electron chi connectivity index (χ2n) is 7.48. The zero-order valence-electron chi connectivity index (χ0n) is 17.5. The van der Waals surface area contributed by atoms with Crippen molar-refractivity contribution in [1.82, 2.24) is 15.1 Å². The maximum atomic E-state index is 12.4. The molecule has 1 aromatic rings. The number of nitrogens with one attached hydrogen (secondary N) is 1. The molecular weight excluding hydrogens is 372 g/mol. The molecule has 0 saturated carbocycles. The van der Waals surface area contributed by atoms with Gasteiger partial charge in [0.15, 0.2) is 11.7 Å². The maximum Gasteiger partial charge on any atom is 0.289 e. The van der Waals surface area contributed by atoms with Gasteiger partial charge in [-0.25, -0.2) is 0 Å². The number of carbonyl (C=O) groups is 1. The summed E-state index contributed by atoms with van der Waals surface area (Å²) in [5.41, 5.74) is 0. The van der Waals surface area contributed by atoms with Crippen molar-refractivity contribution in [2.45, 2.75) is 26.2 Å². The Hall–Kier alpha value is -2.06. The average molecular weight is 407 g/mol. The molecule has 162 valence electrons. The molecule has 3 heterocycles. The quantitative estimate of drug-likeness (QED) is 0.403. The zero-order valence-corrected chi connectivity index (χ0v) is 17.5. The van der Waals surface area contributed by atoms with Crippen LogP contribution in [0.3, 0.4) is 0 Å². The minimum Gasteiger partial charge on any atom is -0.459 e. The van der Waals surface area contributed by atoms with Crippen LogP contribution in [0.25, 0.3) is 0 Å². The van der Waals surface area contributed by atoms with Crippen LogP contribution in [0.1, 0.15) is 36.7 Å². The summed E-state index contributed by atoms with van der Waals surface area (Å²) < 4.78 is 16.4. The van der Waals surface area contributed by atoms with Crippen LogP contribution in [0, 0.1) is 5.92 Å². The fraction of sp³-hybridized carbons (Fsp3) is 0.714. The minimum absolute atomic E-state index is 0.0433. The lowest BCUT2D eigenvalue weighted by atomic mass is 10.0. The molecular formula is C21H34N4O4. The first kappa shape index (κ1) is 21.6. The van der Waals surface area contributed by atoms with E-state index in [4.69, 9.17) is 18.9 Å². The van der Waals surface area contributed by atoms with E-state index in [1.165, 1.54) is 6.26 Å². The predicted molar refractivity (Wildman–Crippen MR) is 111 cm³/mol. The fourth-order valence-electron chi connectivity index (χ4n) is 3.62. The topological polar surface area (TPSA) is 79.5 Å². The standard InChI is InChI=1S/C21H34N4O4/c1-2-22-21(23-8-4-13-28-17-18-6-15-27-16-7-18)25-11-9-24(10-12-25)20(26)19-5-3-14-29-19/h3,5,14,18H,2,4,6-13,15-17H2,1H3,(H,22,23). The Morgan fingerprint density at radius 3 is 2.69 bits per heavy atom. The number of piperazine rings is 1. The van der Waals surface area contributed by atoms with E-state index in [9.17, 15) is 4.79 Å². The van der Waals surface area contributed by atoms with Crippen LogP contribution in [0.5, 0.6) is 0 Å². The molecule has 0 radical (unpaired) electrons. The minimum atomic E-state index is -0.0433. The van der Waals surface area contributed by atoms with Gasteiger partial charge in [-0.05, 0) is 44.2 Å². The van der Waals surface area contributed by atoms with Gasteiger partial charge in [0.2, 0.25) is 0 Å². The number of hydrogen-bond acceptors (Lipinski definition) is 5. The summed E-state index contributed by atoms with van der Waals surface area (Å²) in [6, 6.07) is 3.46. The number of ether oxygens (including phenoxy) is 2. The first-order valence-electron chi connectivity index (χ1n) is 10.8. The average Bonchev–Trinajstić information content (AvgIpc) is 3.31. The third-order valence-electron chi connectivity index (χ3n) is 5.34. The smallest absolute Gasteiger partial charge is 0.289 e. The molecule has 0 unspecified atom stereocenters. The summed E-state index contributed by atoms with van der Waals surface area (Å²) in [5.74, 6) is 1.92. The number of hydrogen-bond donors (Lipinski definition) is 1. The lowest BCUT2D eigenvalue weighted by molar-refractivity contribution is 0.0205. The van der Waals surface area contributed by atoms with Crippen molar-refractivity contribution in [2.24, 2.45) is 10.9 Å². The molecule has 0 aliphatic carbocycles. The van der Waals surface area contributed by atoms with Crippen LogP contribution in [-0.2, 0) is 9.47 Å². The summed E-state index contributed by atoms with van der Waals surface area (Å²) in [7, 11) is 0. The first-order valence-corrected chi connectivity index (χ1v) is 10.8. The second kappa shape index (κ2) is 11.8. The number of nitrogens with zero attached hydrogens (tertiary/aromatic N) is 3. The van der Waals surface area contributed by atoms with E-state index in [-0.39, 0.29) is 5.91 Å². The van der Waals surface area contributed by atoms with Crippen LogP contribution < -0.4 is 5.32 Å². The molecule has 8 nitrogen and oxygen atoms in total. The summed E-state index contributed by atoms with van der Waals surface area (Å²) in [6.45, 7) is 9.79. The van der Waals surface area contributed by atoms with Gasteiger partial charge in [-0.3, -0.25) is 9.79 Å². The van der Waals surface area contributed by atoms with E-state index >= 15 is 0 Å². The Morgan fingerprint density at radius 2 is 2.00 bits per heavy atom. The number of guanidine groups is 1. The first-order chi connectivity index (χ1) is 14.3. The normalized spacial score (nSPS) is 18.9. The molecule has 0 atom stereocenters. The molecule has 8 heteroatoms. The molecule has 1 amide bonds. The number of aliphatic imine (C=N–C) groups is 1. The van der Waals surface area contributed by atoms with Gasteiger partial charge in [0, 0.05) is 65.7 Å². The summed E-state index contributed by atoms with van der Waals surface area (Å²) in [4.78, 5) is 21.2. The second-order valence-corrected chi connectivity index (χ2v) is 7.48. The number of carbonyl (C=O) groups excluding carboxylic acids is 1. The molecule has 2 fully saturated rings. The molecule has 3 rings (SSSR count). The van der Waals surface area contributed by atoms with Gasteiger partial charge in [0.1, 0.15) is 0 Å². The Bertz CT molecular complexity index is 621. The third-order valence-corrected chi connectivity index (χ3v) is 5.34. The van der Waals surface area contributed by atoms with Gasteiger partial charge in [-0.2, -0.15) is 0 Å². The van der Waals surface area contributed by atoms with Crippen molar-refractivity contribution in [3.8, 4) is 0 Å². The van der Waals surface area contributed by atoms with Crippen molar-refractivity contribution < 1.29 is 18.7 Å². The van der Waals surface area contributed by atoms with Crippen molar-refractivity contribution in [2.75, 3.05) is 65.7 Å². The van der Waals surface area contributed by atoms with E-state index in [2.05, 4.69) is 17.1 Å². The Labute approximate surface area is 173 Å². The predicted octanol–water partition coefficient (Wildman–Crippen LogP) is 1.84. The molecule has 0 bridgehead atoms. The summed E-state index contributed by atoms with van der Waals surface area (Å²) in [6.07, 6.45) is 4.66. The van der Waals surface area contributed by atoms with Crippen LogP contribution in [0.2, 0.25) is 0 Å². The van der Waals surface area contributed by atoms with Crippen LogP contribution in [-0.4, -0.2) is 87.4 Å². The van der Waals surface area contributed by atoms with Crippen molar-refractivity contribution in [3.63, 3.8) is 0 Å². The highest BCUT2D eigenvalue weighted by molar-refractivity contribution is 5.91. The van der Waals surface area contributed by atoms with Gasteiger partial charge in [-0.15, -0.1) is 0 Å². The Morgan fingerprint density at radius 1 is 1.24 bits per heavy atom. The van der Waals surface area contributed by atoms with E-state index in [1.54, 1.807) is 12.1 Å². The SMILES string of the molecule is CCNC(=NCCCOCC1CCOCC1)N1CCN(C(=O)c2ccco2)CC1. The van der Waals surface area contributed by atoms with Crippen molar-refractivity contribution in [1.29, 1.82) is 0 Å². The van der Waals surface area contributed by atoms with Gasteiger partial charge < -0.3 is 29.0 Å². The van der Waals surface area contributed by atoms with Crippen LogP contribution >= 0.6 is 0 Å². The summed E-state index contributed by atoms with van der Waals surface area (Å²) in [5, 5.41) is 3.37. The third kappa shape index (κ3) is 6.75. The molecule has 0 aromatic carbocycles. The van der Waals surface area contributed by atoms with E-state index in [0.717, 1.165) is 77.8 Å². The largest absolute Gasteiger partial charge is 0.459 e. The van der Waals surface area contributed by atoms with Gasteiger partial charge in [0.05, 0.1) is 6.26 Å². The van der Waals surface area contributed by atoms with E-state index in [1.807, 2.05) is 4.90 Å². The van der Waals surface area contributed by atoms with E-state index < -0.39 is 0 Å². The van der Waals surface area contributed by atoms with Crippen LogP contribution in [0.4, 0.5) is 0 Å². The highest BCUT2D eigenvalue weighted by Crippen LogP contribution is 2.14. The molecule has 29 heavy (non-hydrogen) atoms. The number of furan rings is 1. The molecule has 2 aliphatic heterocycles. The Balaban J connectivity index is 1.37. The van der Waals surface area contributed by atoms with Gasteiger partial charge >= 0.3 is 0 Å². The molecule has 2 saturated heterocycles. The van der Waals surface area contributed by atoms with Crippen LogP contribution in [0.15, 0.2) is 27.8 Å². The van der Waals surface area contributed by atoms with Gasteiger partial charge in [-0.1, -0.05) is 0 Å². The molecule has 1 aromatic heterocycles. The zero-order chi connectivity index (χ0) is 20.3. The molecule has 2 aliphatic rings. The summed E-state index contributed by atoms with van der Waals surface area (Å²) >= 11 is 0. The number of amides is 1. The highest BCUT2D eigenvalue weighted by Gasteiger charge is 2.25.